The van der Waals surface area contributed by atoms with Crippen LogP contribution in [0.1, 0.15) is 18.9 Å². The zero-order valence-corrected chi connectivity index (χ0v) is 20.6. The molecule has 0 bridgehead atoms. The number of hydrogen-bond donors (Lipinski definition) is 1. The Balaban J connectivity index is 1.83. The van der Waals surface area contributed by atoms with E-state index in [0.29, 0.717) is 12.1 Å². The van der Waals surface area contributed by atoms with Gasteiger partial charge in [0.1, 0.15) is 5.82 Å². The van der Waals surface area contributed by atoms with E-state index in [1.54, 1.807) is 30.8 Å². The lowest BCUT2D eigenvalue weighted by Crippen LogP contribution is -2.53. The van der Waals surface area contributed by atoms with Gasteiger partial charge in [0.05, 0.1) is 33.0 Å². The highest BCUT2D eigenvalue weighted by Crippen LogP contribution is 2.52. The zero-order valence-electron chi connectivity index (χ0n) is 19.7. The van der Waals surface area contributed by atoms with Gasteiger partial charge >= 0.3 is 0 Å². The Kier molecular flexibility index (Phi) is 6.19. The molecule has 0 amide bonds. The molecule has 0 saturated carbocycles. The molecule has 0 spiro atoms. The molecule has 2 heterocycles. The molecule has 3 aromatic rings. The lowest BCUT2D eigenvalue weighted by Gasteiger charge is -2.43. The first kappa shape index (κ1) is 23.6. The van der Waals surface area contributed by atoms with Gasteiger partial charge in [-0.25, -0.2) is 4.99 Å². The van der Waals surface area contributed by atoms with Gasteiger partial charge < -0.3 is 9.84 Å². The maximum Gasteiger partial charge on any atom is 0.269 e. The summed E-state index contributed by atoms with van der Waals surface area (Å²) in [5, 5.41) is 27.4. The van der Waals surface area contributed by atoms with E-state index in [4.69, 9.17) is 9.73 Å². The first-order chi connectivity index (χ1) is 17.5. The number of anilines is 2. The fraction of sp³-hybridized carbons (Fsp3) is 0.192. The molecule has 1 atom stereocenters. The Morgan fingerprint density at radius 1 is 1.11 bits per heavy atom. The van der Waals surface area contributed by atoms with E-state index in [1.807, 2.05) is 70.8 Å². The van der Waals surface area contributed by atoms with Gasteiger partial charge in [0.25, 0.3) is 5.69 Å². The van der Waals surface area contributed by atoms with Crippen LogP contribution in [0, 0.1) is 10.1 Å². The van der Waals surface area contributed by atoms with Crippen molar-refractivity contribution >= 4 is 39.6 Å². The van der Waals surface area contributed by atoms with Crippen LogP contribution in [0.5, 0.6) is 0 Å². The molecule has 0 aromatic heterocycles. The second kappa shape index (κ2) is 9.46. The molecule has 1 fully saturated rings. The zero-order chi connectivity index (χ0) is 25.3. The highest BCUT2D eigenvalue weighted by molar-refractivity contribution is 8.13. The highest BCUT2D eigenvalue weighted by Gasteiger charge is 2.54. The summed E-state index contributed by atoms with van der Waals surface area (Å²) >= 11 is 1.54. The number of aliphatic imine (C=N–C) groups is 1. The standard InChI is InChI=1S/C26H25N5O4S/c1-3-35-25(32)24-28-30(19-13-15-20(16-14-19)31(33)34)26(18-9-5-4-6-10-18)17-23(36-2)27-21-11-7-8-12-22(21)29(24)26/h4-16,28,32H,3,17H2,1-2H3/p-1/t26-/m0/s1. The summed E-state index contributed by atoms with van der Waals surface area (Å²) in [4.78, 5) is 17.8. The van der Waals surface area contributed by atoms with Crippen molar-refractivity contribution in [2.45, 2.75) is 19.0 Å². The van der Waals surface area contributed by atoms with Crippen LogP contribution >= 0.6 is 11.8 Å². The van der Waals surface area contributed by atoms with E-state index in [2.05, 4.69) is 5.43 Å². The molecule has 2 aliphatic rings. The molecule has 0 radical (unpaired) electrons. The normalized spacial score (nSPS) is 20.0. The molecular weight excluding hydrogens is 478 g/mol. The van der Waals surface area contributed by atoms with Crippen LogP contribution < -0.4 is 20.4 Å². The Labute approximate surface area is 212 Å². The van der Waals surface area contributed by atoms with Crippen molar-refractivity contribution in [2.75, 3.05) is 22.8 Å². The van der Waals surface area contributed by atoms with E-state index in [0.717, 1.165) is 22.0 Å². The molecule has 184 valence electrons. The van der Waals surface area contributed by atoms with E-state index in [1.165, 1.54) is 12.1 Å². The van der Waals surface area contributed by atoms with Gasteiger partial charge in [-0.3, -0.25) is 25.4 Å². The summed E-state index contributed by atoms with van der Waals surface area (Å²) < 4.78 is 5.46. The number of rotatable bonds is 5. The smallest absolute Gasteiger partial charge is 0.269 e. The number of nitrogens with zero attached hydrogens (tertiary/aromatic N) is 4. The van der Waals surface area contributed by atoms with Gasteiger partial charge in [0.2, 0.25) is 0 Å². The lowest BCUT2D eigenvalue weighted by atomic mass is 9.92. The van der Waals surface area contributed by atoms with Gasteiger partial charge in [-0.15, -0.1) is 11.8 Å². The minimum atomic E-state index is -0.964. The Bertz CT molecular complexity index is 1350. The van der Waals surface area contributed by atoms with Crippen molar-refractivity contribution in [2.24, 2.45) is 4.99 Å². The maximum atomic E-state index is 13.3. The summed E-state index contributed by atoms with van der Waals surface area (Å²) in [6.45, 7) is 1.97. The number of non-ortho nitro benzene ring substituents is 1. The van der Waals surface area contributed by atoms with Crippen molar-refractivity contribution in [3.05, 3.63) is 106 Å². The lowest BCUT2D eigenvalue weighted by molar-refractivity contribution is -0.384. The number of nitro benzene ring substituents is 1. The minimum absolute atomic E-state index is 0.0178. The van der Waals surface area contributed by atoms with Gasteiger partial charge in [-0.1, -0.05) is 49.4 Å². The average molecular weight is 503 g/mol. The van der Waals surface area contributed by atoms with Crippen LogP contribution in [0.4, 0.5) is 22.7 Å². The van der Waals surface area contributed by atoms with Crippen LogP contribution in [0.2, 0.25) is 0 Å². The summed E-state index contributed by atoms with van der Waals surface area (Å²) in [5.74, 6) is -0.270. The van der Waals surface area contributed by atoms with E-state index in [9.17, 15) is 15.2 Å². The topological polar surface area (TPSA) is 106 Å². The molecule has 1 N–H and O–H groups in total. The number of para-hydroxylation sites is 2. The molecule has 1 saturated heterocycles. The van der Waals surface area contributed by atoms with E-state index >= 15 is 0 Å². The van der Waals surface area contributed by atoms with Gasteiger partial charge in [-0.05, 0) is 37.1 Å². The quantitative estimate of drug-likeness (QED) is 0.307. The molecule has 5 rings (SSSR count). The molecule has 36 heavy (non-hydrogen) atoms. The number of nitrogens with one attached hydrogen (secondary N) is 1. The number of hydrazine groups is 1. The number of ether oxygens (including phenoxy) is 1. The van der Waals surface area contributed by atoms with Crippen molar-refractivity contribution in [3.8, 4) is 0 Å². The summed E-state index contributed by atoms with van der Waals surface area (Å²) in [6.07, 6.45) is 2.41. The van der Waals surface area contributed by atoms with Crippen molar-refractivity contribution in [1.82, 2.24) is 5.43 Å². The first-order valence-corrected chi connectivity index (χ1v) is 12.6. The second-order valence-electron chi connectivity index (χ2n) is 8.18. The minimum Gasteiger partial charge on any atom is -0.611 e. The molecule has 10 heteroatoms. The molecular formula is C26H24N5O4S-. The average Bonchev–Trinajstić information content (AvgIpc) is 3.16. The molecule has 0 unspecified atom stereocenters. The van der Waals surface area contributed by atoms with Crippen LogP contribution in [0.3, 0.4) is 0 Å². The first-order valence-electron chi connectivity index (χ1n) is 11.4. The summed E-state index contributed by atoms with van der Waals surface area (Å²) in [5.41, 5.74) is 5.35. The third-order valence-corrected chi connectivity index (χ3v) is 6.91. The molecule has 0 aliphatic carbocycles. The SMILES string of the molecule is CCOC([O-])=C1NN(c2ccc([N+](=O)[O-])cc2)[C@]2(c3ccccc3)CC(SC)=Nc3ccccc3N12. The van der Waals surface area contributed by atoms with Gasteiger partial charge in [0, 0.05) is 24.1 Å². The van der Waals surface area contributed by atoms with Crippen LogP contribution in [0.15, 0.2) is 95.6 Å². The van der Waals surface area contributed by atoms with Crippen molar-refractivity contribution in [1.29, 1.82) is 0 Å². The third kappa shape index (κ3) is 3.79. The van der Waals surface area contributed by atoms with Crippen LogP contribution in [0.25, 0.3) is 0 Å². The Hall–Kier alpha value is -4.18. The van der Waals surface area contributed by atoms with E-state index < -0.39 is 16.5 Å². The number of nitro groups is 1. The van der Waals surface area contributed by atoms with Crippen LogP contribution in [-0.4, -0.2) is 22.8 Å². The Morgan fingerprint density at radius 3 is 2.47 bits per heavy atom. The van der Waals surface area contributed by atoms with Crippen molar-refractivity contribution < 1.29 is 14.8 Å². The summed E-state index contributed by atoms with van der Waals surface area (Å²) in [7, 11) is 0. The summed E-state index contributed by atoms with van der Waals surface area (Å²) in [6, 6.07) is 23.8. The fourth-order valence-electron chi connectivity index (χ4n) is 4.66. The molecule has 3 aromatic carbocycles. The number of hydrogen-bond acceptors (Lipinski definition) is 9. The van der Waals surface area contributed by atoms with Crippen LogP contribution in [-0.2, 0) is 10.4 Å². The van der Waals surface area contributed by atoms with Gasteiger partial charge in [0.15, 0.2) is 5.66 Å². The van der Waals surface area contributed by atoms with E-state index in [-0.39, 0.29) is 18.1 Å². The number of fused-ring (bicyclic) bond motifs is 3. The Morgan fingerprint density at radius 2 is 1.81 bits per heavy atom. The number of benzene rings is 3. The van der Waals surface area contributed by atoms with Gasteiger partial charge in [-0.2, -0.15) is 0 Å². The number of thioether (sulfide) groups is 1. The fourth-order valence-corrected chi connectivity index (χ4v) is 5.20. The monoisotopic (exact) mass is 502 g/mol. The predicted molar refractivity (Wildman–Crippen MR) is 140 cm³/mol. The largest absolute Gasteiger partial charge is 0.611 e. The highest BCUT2D eigenvalue weighted by atomic mass is 32.2. The second-order valence-corrected chi connectivity index (χ2v) is 9.06. The predicted octanol–water partition coefficient (Wildman–Crippen LogP) is 4.60. The van der Waals surface area contributed by atoms with Crippen molar-refractivity contribution in [3.63, 3.8) is 0 Å². The molecule has 9 nitrogen and oxygen atoms in total. The third-order valence-electron chi connectivity index (χ3n) is 6.21. The maximum absolute atomic E-state index is 13.3. The molecule has 2 aliphatic heterocycles.